The van der Waals surface area contributed by atoms with Crippen LogP contribution in [0.1, 0.15) is 23.2 Å². The van der Waals surface area contributed by atoms with E-state index in [0.29, 0.717) is 30.0 Å². The molecule has 2 aromatic heterocycles. The molecule has 0 fully saturated rings. The second-order valence-corrected chi connectivity index (χ2v) is 5.75. The standard InChI is InChI=1S/C15H18F3N5OS/c1-3-24-13-10(5-4-6-20-13)7-21-14(19-2)22-8-12-23-11(9-25-12)15(16,17)18/h4-6,9H,3,7-8H2,1-2H3,(H2,19,21,22). The minimum atomic E-state index is -4.43. The summed E-state index contributed by atoms with van der Waals surface area (Å²) in [5, 5.41) is 7.32. The number of nitrogens with zero attached hydrogens (tertiary/aromatic N) is 3. The zero-order chi connectivity index (χ0) is 18.3. The Kier molecular flexibility index (Phi) is 6.57. The lowest BCUT2D eigenvalue weighted by molar-refractivity contribution is -0.140. The molecule has 0 aliphatic carbocycles. The van der Waals surface area contributed by atoms with E-state index in [1.54, 1.807) is 19.3 Å². The number of hydrogen-bond donors (Lipinski definition) is 2. The smallest absolute Gasteiger partial charge is 0.434 e. The molecule has 2 rings (SSSR count). The summed E-state index contributed by atoms with van der Waals surface area (Å²) in [4.78, 5) is 11.8. The van der Waals surface area contributed by atoms with Gasteiger partial charge in [0, 0.05) is 30.7 Å². The van der Waals surface area contributed by atoms with Crippen molar-refractivity contribution in [2.75, 3.05) is 13.7 Å². The summed E-state index contributed by atoms with van der Waals surface area (Å²) in [7, 11) is 1.57. The van der Waals surface area contributed by atoms with Gasteiger partial charge in [-0.15, -0.1) is 11.3 Å². The van der Waals surface area contributed by atoms with Crippen molar-refractivity contribution >= 4 is 17.3 Å². The SMILES string of the molecule is CCOc1ncccc1CNC(=NC)NCc1nc(C(F)(F)F)cs1. The molecule has 2 N–H and O–H groups in total. The Hall–Kier alpha value is -2.36. The van der Waals surface area contributed by atoms with Crippen molar-refractivity contribution < 1.29 is 17.9 Å². The van der Waals surface area contributed by atoms with Gasteiger partial charge < -0.3 is 15.4 Å². The first-order valence-electron chi connectivity index (χ1n) is 7.46. The summed E-state index contributed by atoms with van der Waals surface area (Å²) in [6.07, 6.45) is -2.78. The molecule has 0 bridgehead atoms. The molecule has 2 aromatic rings. The van der Waals surface area contributed by atoms with E-state index >= 15 is 0 Å². The van der Waals surface area contributed by atoms with Gasteiger partial charge in [-0.25, -0.2) is 9.97 Å². The maximum Gasteiger partial charge on any atom is 0.434 e. The minimum absolute atomic E-state index is 0.145. The fraction of sp³-hybridized carbons (Fsp3) is 0.400. The third-order valence-corrected chi connectivity index (χ3v) is 3.90. The number of guanidine groups is 1. The Morgan fingerprint density at radius 2 is 2.08 bits per heavy atom. The molecule has 0 atom stereocenters. The molecule has 0 saturated heterocycles. The number of alkyl halides is 3. The van der Waals surface area contributed by atoms with Crippen LogP contribution in [0, 0.1) is 0 Å². The van der Waals surface area contributed by atoms with Crippen LogP contribution in [0.5, 0.6) is 5.88 Å². The summed E-state index contributed by atoms with van der Waals surface area (Å²) in [5.74, 6) is 0.970. The van der Waals surface area contributed by atoms with Gasteiger partial charge >= 0.3 is 6.18 Å². The van der Waals surface area contributed by atoms with Crippen molar-refractivity contribution in [2.24, 2.45) is 4.99 Å². The topological polar surface area (TPSA) is 71.4 Å². The van der Waals surface area contributed by atoms with Crippen LogP contribution in [0.4, 0.5) is 13.2 Å². The van der Waals surface area contributed by atoms with E-state index in [9.17, 15) is 13.2 Å². The van der Waals surface area contributed by atoms with E-state index in [2.05, 4.69) is 25.6 Å². The maximum absolute atomic E-state index is 12.5. The van der Waals surface area contributed by atoms with Crippen LogP contribution in [-0.2, 0) is 19.3 Å². The molecule has 25 heavy (non-hydrogen) atoms. The lowest BCUT2D eigenvalue weighted by Gasteiger charge is -2.13. The number of aromatic nitrogens is 2. The third-order valence-electron chi connectivity index (χ3n) is 3.05. The van der Waals surface area contributed by atoms with Crippen LogP contribution in [0.3, 0.4) is 0 Å². The van der Waals surface area contributed by atoms with Gasteiger partial charge in [0.1, 0.15) is 5.01 Å². The van der Waals surface area contributed by atoms with Gasteiger partial charge in [-0.3, -0.25) is 4.99 Å². The van der Waals surface area contributed by atoms with Gasteiger partial charge in [0.15, 0.2) is 11.7 Å². The molecule has 0 saturated carbocycles. The maximum atomic E-state index is 12.5. The summed E-state index contributed by atoms with van der Waals surface area (Å²) in [6, 6.07) is 3.67. The minimum Gasteiger partial charge on any atom is -0.478 e. The molecule has 0 aromatic carbocycles. The summed E-state index contributed by atoms with van der Waals surface area (Å²) in [6.45, 7) is 2.93. The third kappa shape index (κ3) is 5.59. The Morgan fingerprint density at radius 3 is 2.72 bits per heavy atom. The molecular weight excluding hydrogens is 355 g/mol. The molecular formula is C15H18F3N5OS. The Balaban J connectivity index is 1.90. The lowest BCUT2D eigenvalue weighted by Crippen LogP contribution is -2.36. The van der Waals surface area contributed by atoms with E-state index in [-0.39, 0.29) is 6.54 Å². The fourth-order valence-electron chi connectivity index (χ4n) is 1.91. The van der Waals surface area contributed by atoms with Crippen molar-refractivity contribution in [2.45, 2.75) is 26.2 Å². The van der Waals surface area contributed by atoms with Crippen molar-refractivity contribution in [3.05, 3.63) is 40.0 Å². The predicted octanol–water partition coefficient (Wildman–Crippen LogP) is 2.82. The molecule has 10 heteroatoms. The molecule has 0 radical (unpaired) electrons. The number of hydrogen-bond acceptors (Lipinski definition) is 5. The number of aliphatic imine (C=N–C) groups is 1. The number of rotatable bonds is 6. The highest BCUT2D eigenvalue weighted by atomic mass is 32.1. The molecule has 136 valence electrons. The average Bonchev–Trinajstić information content (AvgIpc) is 3.06. The van der Waals surface area contributed by atoms with Crippen LogP contribution < -0.4 is 15.4 Å². The van der Waals surface area contributed by atoms with E-state index in [1.807, 2.05) is 13.0 Å². The van der Waals surface area contributed by atoms with Crippen LogP contribution in [0.15, 0.2) is 28.7 Å². The summed E-state index contributed by atoms with van der Waals surface area (Å²) in [5.41, 5.74) is -0.0325. The van der Waals surface area contributed by atoms with Gasteiger partial charge in [0.25, 0.3) is 0 Å². The summed E-state index contributed by atoms with van der Waals surface area (Å²) < 4.78 is 43.1. The highest BCUT2D eigenvalue weighted by Crippen LogP contribution is 2.29. The van der Waals surface area contributed by atoms with E-state index < -0.39 is 11.9 Å². The number of ether oxygens (including phenoxy) is 1. The number of nitrogens with one attached hydrogen (secondary N) is 2. The molecule has 6 nitrogen and oxygen atoms in total. The first-order valence-corrected chi connectivity index (χ1v) is 8.34. The van der Waals surface area contributed by atoms with Crippen molar-refractivity contribution in [3.8, 4) is 5.88 Å². The largest absolute Gasteiger partial charge is 0.478 e. The molecule has 0 aliphatic heterocycles. The van der Waals surface area contributed by atoms with E-state index in [0.717, 1.165) is 22.3 Å². The van der Waals surface area contributed by atoms with Gasteiger partial charge in [-0.2, -0.15) is 13.2 Å². The number of halogens is 3. The monoisotopic (exact) mass is 373 g/mol. The quantitative estimate of drug-likeness (QED) is 0.602. The van der Waals surface area contributed by atoms with Crippen molar-refractivity contribution in [3.63, 3.8) is 0 Å². The van der Waals surface area contributed by atoms with Crippen molar-refractivity contribution in [1.29, 1.82) is 0 Å². The van der Waals surface area contributed by atoms with Crippen molar-refractivity contribution in [1.82, 2.24) is 20.6 Å². The zero-order valence-electron chi connectivity index (χ0n) is 13.7. The highest BCUT2D eigenvalue weighted by Gasteiger charge is 2.33. The molecule has 0 amide bonds. The zero-order valence-corrected chi connectivity index (χ0v) is 14.5. The number of thiazole rings is 1. The predicted molar refractivity (Wildman–Crippen MR) is 89.6 cm³/mol. The van der Waals surface area contributed by atoms with Crippen LogP contribution >= 0.6 is 11.3 Å². The molecule has 2 heterocycles. The van der Waals surface area contributed by atoms with Gasteiger partial charge in [0.05, 0.1) is 13.2 Å². The molecule has 0 spiro atoms. The van der Waals surface area contributed by atoms with Gasteiger partial charge in [-0.05, 0) is 13.0 Å². The lowest BCUT2D eigenvalue weighted by atomic mass is 10.2. The Bertz CT molecular complexity index is 717. The van der Waals surface area contributed by atoms with Gasteiger partial charge in [-0.1, -0.05) is 6.07 Å². The van der Waals surface area contributed by atoms with E-state index in [4.69, 9.17) is 4.74 Å². The van der Waals surface area contributed by atoms with Gasteiger partial charge in [0.2, 0.25) is 5.88 Å². The number of pyridine rings is 1. The van der Waals surface area contributed by atoms with Crippen LogP contribution in [0.2, 0.25) is 0 Å². The molecule has 0 unspecified atom stereocenters. The summed E-state index contributed by atoms with van der Waals surface area (Å²) >= 11 is 0.946. The highest BCUT2D eigenvalue weighted by molar-refractivity contribution is 7.09. The second-order valence-electron chi connectivity index (χ2n) is 4.80. The second kappa shape index (κ2) is 8.65. The normalized spacial score (nSPS) is 12.1. The first-order chi connectivity index (χ1) is 11.9. The first kappa shape index (κ1) is 19.0. The fourth-order valence-corrected chi connectivity index (χ4v) is 2.65. The Labute approximate surface area is 147 Å². The van der Waals surface area contributed by atoms with E-state index in [1.165, 1.54) is 0 Å². The van der Waals surface area contributed by atoms with Crippen LogP contribution in [-0.4, -0.2) is 29.6 Å². The average molecular weight is 373 g/mol. The Morgan fingerprint density at radius 1 is 1.32 bits per heavy atom. The van der Waals surface area contributed by atoms with Crippen LogP contribution in [0.25, 0.3) is 0 Å². The molecule has 0 aliphatic rings.